The van der Waals surface area contributed by atoms with Gasteiger partial charge in [-0.1, -0.05) is 35.0 Å². The van der Waals surface area contributed by atoms with Gasteiger partial charge in [-0.3, -0.25) is 4.79 Å². The highest BCUT2D eigenvalue weighted by atomic mass is 79.9. The van der Waals surface area contributed by atoms with Gasteiger partial charge < -0.3 is 10.1 Å². The summed E-state index contributed by atoms with van der Waals surface area (Å²) in [5.74, 6) is 0.0271. The molecule has 0 aromatic heterocycles. The molecule has 2 aromatic rings. The summed E-state index contributed by atoms with van der Waals surface area (Å²) < 4.78 is 33.8. The minimum atomic E-state index is -3.63. The number of anilines is 1. The van der Waals surface area contributed by atoms with E-state index in [0.29, 0.717) is 37.4 Å². The highest BCUT2D eigenvalue weighted by Gasteiger charge is 2.33. The van der Waals surface area contributed by atoms with E-state index in [1.807, 2.05) is 25.1 Å². The van der Waals surface area contributed by atoms with E-state index in [0.717, 1.165) is 10.9 Å². The highest BCUT2D eigenvalue weighted by Crippen LogP contribution is 2.28. The number of ether oxygens (including phenoxy) is 1. The number of piperidine rings is 1. The molecule has 0 spiro atoms. The van der Waals surface area contributed by atoms with E-state index in [4.69, 9.17) is 4.74 Å². The molecule has 1 saturated heterocycles. The fourth-order valence-corrected chi connectivity index (χ4v) is 5.06. The summed E-state index contributed by atoms with van der Waals surface area (Å²) in [6.45, 7) is 3.17. The second kappa shape index (κ2) is 9.73. The number of halogens is 1. The number of nitrogens with zero attached hydrogens (tertiary/aromatic N) is 1. The summed E-state index contributed by atoms with van der Waals surface area (Å²) in [5, 5.41) is 2.92. The van der Waals surface area contributed by atoms with Crippen molar-refractivity contribution in [3.63, 3.8) is 0 Å². The van der Waals surface area contributed by atoms with Crippen LogP contribution in [0.2, 0.25) is 0 Å². The number of para-hydroxylation sites is 2. The molecule has 2 aromatic carbocycles. The van der Waals surface area contributed by atoms with E-state index < -0.39 is 15.9 Å². The van der Waals surface area contributed by atoms with Crippen LogP contribution in [-0.4, -0.2) is 38.3 Å². The van der Waals surface area contributed by atoms with Crippen LogP contribution in [0.1, 0.15) is 26.2 Å². The van der Waals surface area contributed by atoms with Crippen molar-refractivity contribution in [2.24, 2.45) is 5.92 Å². The molecule has 3 rings (SSSR count). The molecule has 0 aliphatic carbocycles. The lowest BCUT2D eigenvalue weighted by Gasteiger charge is -2.31. The lowest BCUT2D eigenvalue weighted by molar-refractivity contribution is -0.120. The molecule has 1 atom stereocenters. The Balaban J connectivity index is 1.71. The van der Waals surface area contributed by atoms with Gasteiger partial charge in [-0.2, -0.15) is 4.31 Å². The van der Waals surface area contributed by atoms with Gasteiger partial charge in [0.1, 0.15) is 5.75 Å². The predicted octanol–water partition coefficient (Wildman–Crippen LogP) is 4.28. The third kappa shape index (κ3) is 5.38. The quantitative estimate of drug-likeness (QED) is 0.641. The summed E-state index contributed by atoms with van der Waals surface area (Å²) in [7, 11) is -3.63. The third-order valence-electron chi connectivity index (χ3n) is 4.81. The fourth-order valence-electron chi connectivity index (χ4n) is 3.27. The monoisotopic (exact) mass is 480 g/mol. The normalized spacial score (nSPS) is 17.7. The van der Waals surface area contributed by atoms with Crippen molar-refractivity contribution in [3.05, 3.63) is 53.0 Å². The van der Waals surface area contributed by atoms with E-state index in [9.17, 15) is 13.2 Å². The zero-order chi connectivity index (χ0) is 20.9. The van der Waals surface area contributed by atoms with Gasteiger partial charge in [0.15, 0.2) is 0 Å². The van der Waals surface area contributed by atoms with Crippen molar-refractivity contribution in [1.29, 1.82) is 0 Å². The van der Waals surface area contributed by atoms with Gasteiger partial charge in [0.25, 0.3) is 0 Å². The minimum Gasteiger partial charge on any atom is -0.491 e. The smallest absolute Gasteiger partial charge is 0.243 e. The van der Waals surface area contributed by atoms with Gasteiger partial charge in [0, 0.05) is 17.6 Å². The minimum absolute atomic E-state index is 0.169. The van der Waals surface area contributed by atoms with Crippen molar-refractivity contribution in [2.45, 2.75) is 31.1 Å². The Morgan fingerprint density at radius 1 is 1.21 bits per heavy atom. The molecule has 1 fully saturated rings. The first kappa shape index (κ1) is 21.8. The maximum Gasteiger partial charge on any atom is 0.243 e. The molecule has 1 unspecified atom stereocenters. The van der Waals surface area contributed by atoms with Gasteiger partial charge in [0.05, 0.1) is 23.1 Å². The van der Waals surface area contributed by atoms with Crippen LogP contribution in [0.15, 0.2) is 57.9 Å². The van der Waals surface area contributed by atoms with E-state index in [1.165, 1.54) is 4.31 Å². The molecule has 0 saturated carbocycles. The van der Waals surface area contributed by atoms with Gasteiger partial charge in [-0.25, -0.2) is 8.42 Å². The Morgan fingerprint density at radius 2 is 1.93 bits per heavy atom. The number of hydrogen-bond acceptors (Lipinski definition) is 4. The average molecular weight is 481 g/mol. The van der Waals surface area contributed by atoms with Crippen LogP contribution in [0, 0.1) is 5.92 Å². The van der Waals surface area contributed by atoms with Gasteiger partial charge in [0.2, 0.25) is 15.9 Å². The first-order valence-electron chi connectivity index (χ1n) is 9.70. The zero-order valence-electron chi connectivity index (χ0n) is 16.3. The molecule has 6 nitrogen and oxygen atoms in total. The van der Waals surface area contributed by atoms with Crippen LogP contribution in [0.25, 0.3) is 0 Å². The number of carbonyl (C=O) groups excluding carboxylic acids is 1. The Bertz CT molecular complexity index is 947. The lowest BCUT2D eigenvalue weighted by Crippen LogP contribution is -2.43. The molecule has 1 amide bonds. The summed E-state index contributed by atoms with van der Waals surface area (Å²) in [5.41, 5.74) is 0.610. The topological polar surface area (TPSA) is 75.7 Å². The van der Waals surface area contributed by atoms with Crippen LogP contribution in [0.5, 0.6) is 5.75 Å². The van der Waals surface area contributed by atoms with Crippen LogP contribution in [0.3, 0.4) is 0 Å². The Kier molecular flexibility index (Phi) is 7.32. The fraction of sp³-hybridized carbons (Fsp3) is 0.381. The number of amides is 1. The van der Waals surface area contributed by atoms with Crippen LogP contribution >= 0.6 is 15.9 Å². The van der Waals surface area contributed by atoms with Crippen LogP contribution in [0.4, 0.5) is 5.69 Å². The van der Waals surface area contributed by atoms with Gasteiger partial charge in [-0.05, 0) is 55.7 Å². The largest absolute Gasteiger partial charge is 0.491 e. The van der Waals surface area contributed by atoms with Crippen molar-refractivity contribution in [1.82, 2.24) is 4.31 Å². The van der Waals surface area contributed by atoms with E-state index in [-0.39, 0.29) is 17.3 Å². The second-order valence-electron chi connectivity index (χ2n) is 6.99. The third-order valence-corrected chi connectivity index (χ3v) is 7.22. The molecule has 1 aliphatic heterocycles. The highest BCUT2D eigenvalue weighted by molar-refractivity contribution is 9.10. The number of sulfonamides is 1. The molecular formula is C21H25BrN2O4S. The van der Waals surface area contributed by atoms with Gasteiger partial charge >= 0.3 is 0 Å². The Labute approximate surface area is 180 Å². The zero-order valence-corrected chi connectivity index (χ0v) is 18.7. The average Bonchev–Trinajstić information content (AvgIpc) is 2.73. The summed E-state index contributed by atoms with van der Waals surface area (Å²) >= 11 is 3.32. The summed E-state index contributed by atoms with van der Waals surface area (Å²) in [6, 6.07) is 13.9. The number of nitrogens with one attached hydrogen (secondary N) is 1. The van der Waals surface area contributed by atoms with Crippen molar-refractivity contribution >= 4 is 37.5 Å². The van der Waals surface area contributed by atoms with Gasteiger partial charge in [-0.15, -0.1) is 0 Å². The van der Waals surface area contributed by atoms with Crippen LogP contribution < -0.4 is 10.1 Å². The molecule has 29 heavy (non-hydrogen) atoms. The summed E-state index contributed by atoms with van der Waals surface area (Å²) in [6.07, 6.45) is 2.16. The number of benzene rings is 2. The Morgan fingerprint density at radius 3 is 2.66 bits per heavy atom. The lowest BCUT2D eigenvalue weighted by atomic mass is 9.98. The van der Waals surface area contributed by atoms with Crippen molar-refractivity contribution < 1.29 is 17.9 Å². The molecule has 0 radical (unpaired) electrons. The number of rotatable bonds is 7. The summed E-state index contributed by atoms with van der Waals surface area (Å²) in [4.78, 5) is 13.1. The molecule has 156 valence electrons. The predicted molar refractivity (Wildman–Crippen MR) is 116 cm³/mol. The molecule has 1 N–H and O–H groups in total. The van der Waals surface area contributed by atoms with E-state index in [1.54, 1.807) is 30.3 Å². The number of hydrogen-bond donors (Lipinski definition) is 1. The molecular weight excluding hydrogens is 456 g/mol. The van der Waals surface area contributed by atoms with Crippen LogP contribution in [-0.2, 0) is 14.8 Å². The SMILES string of the molecule is CCCOc1ccccc1NC(=O)C1CCCN(S(=O)(=O)c2ccc(Br)cc2)C1. The van der Waals surface area contributed by atoms with Crippen molar-refractivity contribution in [3.8, 4) is 5.75 Å². The second-order valence-corrected chi connectivity index (χ2v) is 9.84. The molecule has 1 heterocycles. The first-order chi connectivity index (χ1) is 13.9. The maximum absolute atomic E-state index is 13.0. The maximum atomic E-state index is 13.0. The van der Waals surface area contributed by atoms with E-state index in [2.05, 4.69) is 21.2 Å². The molecule has 0 bridgehead atoms. The standard InChI is InChI=1S/C21H25BrN2O4S/c1-2-14-28-20-8-4-3-7-19(20)23-21(25)16-6-5-13-24(15-16)29(26,27)18-11-9-17(22)10-12-18/h3-4,7-12,16H,2,5-6,13-15H2,1H3,(H,23,25). The molecule has 1 aliphatic rings. The first-order valence-corrected chi connectivity index (χ1v) is 11.9. The Hall–Kier alpha value is -1.90. The van der Waals surface area contributed by atoms with Crippen molar-refractivity contribution in [2.75, 3.05) is 25.0 Å². The van der Waals surface area contributed by atoms with E-state index >= 15 is 0 Å². The molecule has 8 heteroatoms. The number of carbonyl (C=O) groups is 1.